The molecule has 6 heteroatoms. The van der Waals surface area contributed by atoms with E-state index in [4.69, 9.17) is 9.84 Å². The number of carboxylic acids is 1. The molecular weight excluding hydrogens is 272 g/mol. The van der Waals surface area contributed by atoms with Crippen molar-refractivity contribution in [1.82, 2.24) is 9.78 Å². The zero-order valence-corrected chi connectivity index (χ0v) is 11.7. The Balaban J connectivity index is 1.88. The highest BCUT2D eigenvalue weighted by Crippen LogP contribution is 2.12. The first-order valence-corrected chi connectivity index (χ1v) is 6.52. The third-order valence-corrected chi connectivity index (χ3v) is 2.86. The van der Waals surface area contributed by atoms with Crippen LogP contribution in [0.5, 0.6) is 5.75 Å². The molecule has 110 valence electrons. The van der Waals surface area contributed by atoms with E-state index >= 15 is 0 Å². The molecule has 2 rings (SSSR count). The smallest absolute Gasteiger partial charge is 0.307 e. The predicted octanol–water partition coefficient (Wildman–Crippen LogP) is 1.26. The summed E-state index contributed by atoms with van der Waals surface area (Å²) in [6.07, 6.45) is 1.62. The largest absolute Gasteiger partial charge is 0.492 e. The molecule has 0 radical (unpaired) electrons. The van der Waals surface area contributed by atoms with Crippen molar-refractivity contribution in [2.24, 2.45) is 0 Å². The highest BCUT2D eigenvalue weighted by Gasteiger charge is 2.02. The summed E-state index contributed by atoms with van der Waals surface area (Å²) in [5.41, 5.74) is 1.38. The van der Waals surface area contributed by atoms with Gasteiger partial charge in [0.25, 0.3) is 5.56 Å². The summed E-state index contributed by atoms with van der Waals surface area (Å²) in [6.45, 7) is 2.48. The van der Waals surface area contributed by atoms with Crippen LogP contribution in [0.2, 0.25) is 0 Å². The molecule has 1 aromatic carbocycles. The summed E-state index contributed by atoms with van der Waals surface area (Å²) in [6, 6.07) is 8.36. The number of aromatic nitrogens is 2. The maximum Gasteiger partial charge on any atom is 0.307 e. The zero-order chi connectivity index (χ0) is 15.2. The molecule has 0 fully saturated rings. The topological polar surface area (TPSA) is 81.4 Å². The Morgan fingerprint density at radius 2 is 2.05 bits per heavy atom. The minimum absolute atomic E-state index is 0.0110. The monoisotopic (exact) mass is 288 g/mol. The minimum atomic E-state index is -0.867. The maximum absolute atomic E-state index is 11.6. The van der Waals surface area contributed by atoms with Crippen LogP contribution in [0.4, 0.5) is 0 Å². The lowest BCUT2D eigenvalue weighted by Gasteiger charge is -2.08. The number of ether oxygens (including phenoxy) is 1. The van der Waals surface area contributed by atoms with E-state index in [2.05, 4.69) is 5.10 Å². The van der Waals surface area contributed by atoms with Gasteiger partial charge in [-0.1, -0.05) is 12.1 Å². The van der Waals surface area contributed by atoms with Crippen LogP contribution in [0, 0.1) is 6.92 Å². The first-order chi connectivity index (χ1) is 10.0. The van der Waals surface area contributed by atoms with Crippen LogP contribution in [0.25, 0.3) is 0 Å². The standard InChI is InChI=1S/C15H16N2O4/c1-11-8-14(18)17(16-10-11)6-7-21-13-4-2-12(3-5-13)9-15(19)20/h2-5,8,10H,6-7,9H2,1H3,(H,19,20). The molecule has 6 nitrogen and oxygen atoms in total. The number of carboxylic acid groups (broad SMARTS) is 1. The number of aryl methyl sites for hydroxylation is 1. The number of hydrogen-bond acceptors (Lipinski definition) is 4. The number of hydrogen-bond donors (Lipinski definition) is 1. The molecule has 0 saturated heterocycles. The molecule has 2 aromatic rings. The molecule has 0 amide bonds. The summed E-state index contributed by atoms with van der Waals surface area (Å²) in [5.74, 6) is -0.238. The van der Waals surface area contributed by atoms with E-state index in [1.807, 2.05) is 6.92 Å². The summed E-state index contributed by atoms with van der Waals surface area (Å²) in [4.78, 5) is 22.2. The fourth-order valence-corrected chi connectivity index (χ4v) is 1.82. The van der Waals surface area contributed by atoms with Crippen molar-refractivity contribution >= 4 is 5.97 Å². The number of benzene rings is 1. The molecule has 0 atom stereocenters. The van der Waals surface area contributed by atoms with Crippen molar-refractivity contribution in [1.29, 1.82) is 0 Å². The average molecular weight is 288 g/mol. The van der Waals surface area contributed by atoms with E-state index < -0.39 is 5.97 Å². The summed E-state index contributed by atoms with van der Waals surface area (Å²) >= 11 is 0. The number of rotatable bonds is 6. The van der Waals surface area contributed by atoms with Gasteiger partial charge in [0.15, 0.2) is 0 Å². The SMILES string of the molecule is Cc1cnn(CCOc2ccc(CC(=O)O)cc2)c(=O)c1. The highest BCUT2D eigenvalue weighted by atomic mass is 16.5. The zero-order valence-electron chi connectivity index (χ0n) is 11.7. The van der Waals surface area contributed by atoms with E-state index in [1.165, 1.54) is 10.7 Å². The van der Waals surface area contributed by atoms with Crippen LogP contribution >= 0.6 is 0 Å². The summed E-state index contributed by atoms with van der Waals surface area (Å²) in [5, 5.41) is 12.7. The Kier molecular flexibility index (Phi) is 4.71. The third-order valence-electron chi connectivity index (χ3n) is 2.86. The molecule has 1 aromatic heterocycles. The average Bonchev–Trinajstić information content (AvgIpc) is 2.42. The van der Waals surface area contributed by atoms with E-state index in [0.717, 1.165) is 5.56 Å². The van der Waals surface area contributed by atoms with Gasteiger partial charge in [-0.3, -0.25) is 9.59 Å². The molecule has 1 heterocycles. The molecule has 0 unspecified atom stereocenters. The summed E-state index contributed by atoms with van der Waals surface area (Å²) < 4.78 is 6.85. The Hall–Kier alpha value is -2.63. The third kappa shape index (κ3) is 4.45. The quantitative estimate of drug-likeness (QED) is 0.865. The van der Waals surface area contributed by atoms with Gasteiger partial charge in [0, 0.05) is 6.07 Å². The van der Waals surface area contributed by atoms with Gasteiger partial charge in [0.2, 0.25) is 0 Å². The van der Waals surface area contributed by atoms with E-state index in [0.29, 0.717) is 24.5 Å². The van der Waals surface area contributed by atoms with Gasteiger partial charge >= 0.3 is 5.97 Å². The molecular formula is C15H16N2O4. The van der Waals surface area contributed by atoms with Crippen LogP contribution in [0.3, 0.4) is 0 Å². The van der Waals surface area contributed by atoms with Crippen molar-refractivity contribution in [2.75, 3.05) is 6.61 Å². The highest BCUT2D eigenvalue weighted by molar-refractivity contribution is 5.70. The van der Waals surface area contributed by atoms with Gasteiger partial charge in [-0.2, -0.15) is 5.10 Å². The Bertz CT molecular complexity index is 677. The number of aliphatic carboxylic acids is 1. The van der Waals surface area contributed by atoms with Crippen LogP contribution in [-0.4, -0.2) is 27.5 Å². The fourth-order valence-electron chi connectivity index (χ4n) is 1.82. The predicted molar refractivity (Wildman–Crippen MR) is 76.5 cm³/mol. The lowest BCUT2D eigenvalue weighted by Crippen LogP contribution is -2.25. The minimum Gasteiger partial charge on any atom is -0.492 e. The first kappa shape index (κ1) is 14.8. The van der Waals surface area contributed by atoms with Crippen molar-refractivity contribution in [3.8, 4) is 5.75 Å². The van der Waals surface area contributed by atoms with Crippen LogP contribution in [0.1, 0.15) is 11.1 Å². The molecule has 0 aliphatic heterocycles. The van der Waals surface area contributed by atoms with Crippen LogP contribution in [0.15, 0.2) is 41.3 Å². The Labute approximate surface area is 121 Å². The lowest BCUT2D eigenvalue weighted by atomic mass is 10.1. The maximum atomic E-state index is 11.6. The number of nitrogens with zero attached hydrogens (tertiary/aromatic N) is 2. The fraction of sp³-hybridized carbons (Fsp3) is 0.267. The van der Waals surface area contributed by atoms with E-state index in [9.17, 15) is 9.59 Å². The van der Waals surface area contributed by atoms with Gasteiger partial charge in [-0.25, -0.2) is 4.68 Å². The summed E-state index contributed by atoms with van der Waals surface area (Å²) in [7, 11) is 0. The second-order valence-electron chi connectivity index (χ2n) is 4.66. The molecule has 0 aliphatic carbocycles. The van der Waals surface area contributed by atoms with Crippen molar-refractivity contribution in [3.05, 3.63) is 58.0 Å². The molecule has 0 spiro atoms. The van der Waals surface area contributed by atoms with Crippen LogP contribution in [-0.2, 0) is 17.8 Å². The molecule has 0 aliphatic rings. The van der Waals surface area contributed by atoms with E-state index in [1.54, 1.807) is 30.5 Å². The van der Waals surface area contributed by atoms with Gasteiger partial charge < -0.3 is 9.84 Å². The van der Waals surface area contributed by atoms with Gasteiger partial charge in [0.05, 0.1) is 19.2 Å². The second-order valence-corrected chi connectivity index (χ2v) is 4.66. The van der Waals surface area contributed by atoms with Crippen molar-refractivity contribution in [2.45, 2.75) is 19.9 Å². The molecule has 0 bridgehead atoms. The van der Waals surface area contributed by atoms with Gasteiger partial charge in [-0.05, 0) is 30.2 Å². The van der Waals surface area contributed by atoms with Crippen LogP contribution < -0.4 is 10.3 Å². The Morgan fingerprint density at radius 1 is 1.33 bits per heavy atom. The normalized spacial score (nSPS) is 10.3. The molecule has 1 N–H and O–H groups in total. The Morgan fingerprint density at radius 3 is 2.67 bits per heavy atom. The van der Waals surface area contributed by atoms with Crippen molar-refractivity contribution < 1.29 is 14.6 Å². The second kappa shape index (κ2) is 6.69. The van der Waals surface area contributed by atoms with E-state index in [-0.39, 0.29) is 12.0 Å². The molecule has 21 heavy (non-hydrogen) atoms. The lowest BCUT2D eigenvalue weighted by molar-refractivity contribution is -0.136. The van der Waals surface area contributed by atoms with Crippen molar-refractivity contribution in [3.63, 3.8) is 0 Å². The first-order valence-electron chi connectivity index (χ1n) is 6.52. The van der Waals surface area contributed by atoms with Gasteiger partial charge in [0.1, 0.15) is 12.4 Å². The van der Waals surface area contributed by atoms with Gasteiger partial charge in [-0.15, -0.1) is 0 Å². The number of carbonyl (C=O) groups is 1. The molecule has 0 saturated carbocycles.